The number of esters is 1. The van der Waals surface area contributed by atoms with Crippen LogP contribution in [0.4, 0.5) is 11.4 Å². The minimum Gasteiger partial charge on any atom is -0.495 e. The van der Waals surface area contributed by atoms with Crippen molar-refractivity contribution in [1.29, 1.82) is 0 Å². The van der Waals surface area contributed by atoms with E-state index in [1.807, 2.05) is 0 Å². The van der Waals surface area contributed by atoms with Crippen LogP contribution in [0.2, 0.25) is 0 Å². The maximum absolute atomic E-state index is 12.4. The molecule has 2 aromatic rings. The number of nitro benzene ring substituents is 1. The predicted molar refractivity (Wildman–Crippen MR) is 93.8 cm³/mol. The van der Waals surface area contributed by atoms with E-state index in [-0.39, 0.29) is 22.7 Å². The van der Waals surface area contributed by atoms with Crippen molar-refractivity contribution in [3.8, 4) is 5.75 Å². The number of methoxy groups -OCH3 is 1. The number of nitro groups is 1. The van der Waals surface area contributed by atoms with Crippen molar-refractivity contribution in [2.45, 2.75) is 33.3 Å². The summed E-state index contributed by atoms with van der Waals surface area (Å²) in [6, 6.07) is 3.77. The summed E-state index contributed by atoms with van der Waals surface area (Å²) in [5.41, 5.74) is 0.494. The SMILES string of the molecule is CCc1noc(C)c1C(=O)O[C@H](C)C(=O)Nc1cc([N+](=O)[O-])ccc1OC. The van der Waals surface area contributed by atoms with Gasteiger partial charge in [-0.05, 0) is 26.3 Å². The van der Waals surface area contributed by atoms with Gasteiger partial charge in [-0.25, -0.2) is 4.79 Å². The largest absolute Gasteiger partial charge is 0.495 e. The second-order valence-corrected chi connectivity index (χ2v) is 5.59. The first-order valence-corrected chi connectivity index (χ1v) is 8.07. The van der Waals surface area contributed by atoms with Crippen LogP contribution in [0.1, 0.15) is 35.7 Å². The fourth-order valence-corrected chi connectivity index (χ4v) is 2.34. The van der Waals surface area contributed by atoms with Gasteiger partial charge in [0.1, 0.15) is 17.1 Å². The number of rotatable bonds is 7. The van der Waals surface area contributed by atoms with Crippen LogP contribution in [0.5, 0.6) is 5.75 Å². The predicted octanol–water partition coefficient (Wildman–Crippen LogP) is 2.65. The Bertz CT molecular complexity index is 875. The summed E-state index contributed by atoms with van der Waals surface area (Å²) in [5, 5.41) is 17.1. The lowest BCUT2D eigenvalue weighted by molar-refractivity contribution is -0.384. The summed E-state index contributed by atoms with van der Waals surface area (Å²) in [7, 11) is 1.36. The van der Waals surface area contributed by atoms with E-state index >= 15 is 0 Å². The van der Waals surface area contributed by atoms with E-state index in [1.54, 1.807) is 13.8 Å². The minimum absolute atomic E-state index is 0.0926. The van der Waals surface area contributed by atoms with Crippen molar-refractivity contribution in [3.63, 3.8) is 0 Å². The Hall–Kier alpha value is -3.43. The number of benzene rings is 1. The fraction of sp³-hybridized carbons (Fsp3) is 0.353. The molecule has 0 aliphatic carbocycles. The average Bonchev–Trinajstić information content (AvgIpc) is 3.02. The van der Waals surface area contributed by atoms with Crippen LogP contribution >= 0.6 is 0 Å². The maximum atomic E-state index is 12.4. The molecule has 27 heavy (non-hydrogen) atoms. The molecule has 0 saturated heterocycles. The second-order valence-electron chi connectivity index (χ2n) is 5.59. The Labute approximate surface area is 154 Å². The zero-order valence-electron chi connectivity index (χ0n) is 15.3. The van der Waals surface area contributed by atoms with Crippen molar-refractivity contribution in [1.82, 2.24) is 5.16 Å². The lowest BCUT2D eigenvalue weighted by Gasteiger charge is -2.15. The topological polar surface area (TPSA) is 134 Å². The van der Waals surface area contributed by atoms with Gasteiger partial charge in [0.05, 0.1) is 23.4 Å². The molecule has 0 aliphatic rings. The van der Waals surface area contributed by atoms with Crippen molar-refractivity contribution >= 4 is 23.3 Å². The molecular formula is C17H19N3O7. The summed E-state index contributed by atoms with van der Waals surface area (Å²) in [4.78, 5) is 35.0. The molecule has 10 nitrogen and oxygen atoms in total. The molecule has 1 heterocycles. The highest BCUT2D eigenvalue weighted by Crippen LogP contribution is 2.29. The first kappa shape index (κ1) is 19.9. The molecule has 0 radical (unpaired) electrons. The number of aryl methyl sites for hydroxylation is 2. The normalized spacial score (nSPS) is 11.6. The van der Waals surface area contributed by atoms with Gasteiger partial charge in [-0.1, -0.05) is 12.1 Å². The summed E-state index contributed by atoms with van der Waals surface area (Å²) in [6.07, 6.45) is -0.701. The third kappa shape index (κ3) is 4.40. The second kappa shape index (κ2) is 8.30. The van der Waals surface area contributed by atoms with Crippen LogP contribution in [0, 0.1) is 17.0 Å². The Morgan fingerprint density at radius 2 is 2.11 bits per heavy atom. The quantitative estimate of drug-likeness (QED) is 0.442. The van der Waals surface area contributed by atoms with E-state index in [4.69, 9.17) is 14.0 Å². The van der Waals surface area contributed by atoms with Crippen LogP contribution in [-0.2, 0) is 16.0 Å². The van der Waals surface area contributed by atoms with Gasteiger partial charge in [0.25, 0.3) is 11.6 Å². The minimum atomic E-state index is -1.17. The number of aromatic nitrogens is 1. The first-order chi connectivity index (χ1) is 12.8. The van der Waals surface area contributed by atoms with Gasteiger partial charge in [0.2, 0.25) is 0 Å². The summed E-state index contributed by atoms with van der Waals surface area (Å²) < 4.78 is 15.2. The number of hydrogen-bond acceptors (Lipinski definition) is 8. The molecule has 0 bridgehead atoms. The lowest BCUT2D eigenvalue weighted by Crippen LogP contribution is -2.30. The molecule has 1 atom stereocenters. The van der Waals surface area contributed by atoms with Crippen LogP contribution in [0.15, 0.2) is 22.7 Å². The third-order valence-electron chi connectivity index (χ3n) is 3.78. The highest BCUT2D eigenvalue weighted by molar-refractivity contribution is 5.99. The monoisotopic (exact) mass is 377 g/mol. The van der Waals surface area contributed by atoms with E-state index in [0.29, 0.717) is 17.9 Å². The smallest absolute Gasteiger partial charge is 0.344 e. The number of anilines is 1. The van der Waals surface area contributed by atoms with Crippen LogP contribution in [0.3, 0.4) is 0 Å². The molecular weight excluding hydrogens is 358 g/mol. The number of carbonyl (C=O) groups is 2. The molecule has 10 heteroatoms. The molecule has 0 spiro atoms. The van der Waals surface area contributed by atoms with Crippen LogP contribution in [-0.4, -0.2) is 35.2 Å². The number of amides is 1. The van der Waals surface area contributed by atoms with Crippen molar-refractivity contribution in [2.24, 2.45) is 0 Å². The van der Waals surface area contributed by atoms with Crippen LogP contribution in [0.25, 0.3) is 0 Å². The number of nitrogens with zero attached hydrogens (tertiary/aromatic N) is 2. The van der Waals surface area contributed by atoms with Crippen molar-refractivity contribution in [2.75, 3.05) is 12.4 Å². The molecule has 0 saturated carbocycles. The summed E-state index contributed by atoms with van der Waals surface area (Å²) in [6.45, 7) is 4.76. The Morgan fingerprint density at radius 3 is 2.70 bits per heavy atom. The Morgan fingerprint density at radius 1 is 1.41 bits per heavy atom. The zero-order valence-corrected chi connectivity index (χ0v) is 15.3. The number of carbonyl (C=O) groups excluding carboxylic acids is 2. The molecule has 1 amide bonds. The molecule has 0 unspecified atom stereocenters. The Balaban J connectivity index is 2.14. The standard InChI is InChI=1S/C17H19N3O7/c1-5-12-15(9(2)27-19-12)17(22)26-10(3)16(21)18-13-8-11(20(23)24)6-7-14(13)25-4/h6-8,10H,5H2,1-4H3,(H,18,21)/t10-/m1/s1. The highest BCUT2D eigenvalue weighted by Gasteiger charge is 2.26. The Kier molecular flexibility index (Phi) is 6.11. The maximum Gasteiger partial charge on any atom is 0.344 e. The molecule has 1 aromatic heterocycles. The lowest BCUT2D eigenvalue weighted by atomic mass is 10.1. The molecule has 2 rings (SSSR count). The van der Waals surface area contributed by atoms with E-state index < -0.39 is 22.9 Å². The summed E-state index contributed by atoms with van der Waals surface area (Å²) >= 11 is 0. The first-order valence-electron chi connectivity index (χ1n) is 8.07. The van der Waals surface area contributed by atoms with Gasteiger partial charge in [-0.3, -0.25) is 14.9 Å². The van der Waals surface area contributed by atoms with E-state index in [0.717, 1.165) is 6.07 Å². The van der Waals surface area contributed by atoms with E-state index in [2.05, 4.69) is 10.5 Å². The van der Waals surface area contributed by atoms with E-state index in [9.17, 15) is 19.7 Å². The van der Waals surface area contributed by atoms with Gasteiger partial charge in [-0.15, -0.1) is 0 Å². The molecule has 0 fully saturated rings. The average molecular weight is 377 g/mol. The van der Waals surface area contributed by atoms with Crippen LogP contribution < -0.4 is 10.1 Å². The third-order valence-corrected chi connectivity index (χ3v) is 3.78. The van der Waals surface area contributed by atoms with Crippen molar-refractivity contribution in [3.05, 3.63) is 45.3 Å². The van der Waals surface area contributed by atoms with Gasteiger partial charge < -0.3 is 19.3 Å². The van der Waals surface area contributed by atoms with Gasteiger partial charge in [0.15, 0.2) is 6.10 Å². The van der Waals surface area contributed by atoms with Gasteiger partial charge in [-0.2, -0.15) is 0 Å². The number of hydrogen-bond donors (Lipinski definition) is 1. The zero-order chi connectivity index (χ0) is 20.1. The number of non-ortho nitro benzene ring substituents is 1. The van der Waals surface area contributed by atoms with Gasteiger partial charge in [0, 0.05) is 12.1 Å². The molecule has 144 valence electrons. The fourth-order valence-electron chi connectivity index (χ4n) is 2.34. The van der Waals surface area contributed by atoms with E-state index in [1.165, 1.54) is 26.2 Å². The molecule has 1 N–H and O–H groups in total. The molecule has 1 aromatic carbocycles. The highest BCUT2D eigenvalue weighted by atomic mass is 16.6. The summed E-state index contributed by atoms with van der Waals surface area (Å²) in [5.74, 6) is -0.881. The van der Waals surface area contributed by atoms with Crippen molar-refractivity contribution < 1.29 is 28.5 Å². The van der Waals surface area contributed by atoms with Gasteiger partial charge >= 0.3 is 5.97 Å². The number of ether oxygens (including phenoxy) is 2. The molecule has 0 aliphatic heterocycles. The number of nitrogens with one attached hydrogen (secondary N) is 1.